The Kier molecular flexibility index (Phi) is 10.4. The van der Waals surface area contributed by atoms with Gasteiger partial charge in [0.15, 0.2) is 0 Å². The number of methoxy groups -OCH3 is 1. The maximum atomic E-state index is 13.0. The van der Waals surface area contributed by atoms with E-state index in [2.05, 4.69) is 14.8 Å². The molecule has 0 saturated carbocycles. The van der Waals surface area contributed by atoms with Gasteiger partial charge in [-0.3, -0.25) is 14.2 Å². The van der Waals surface area contributed by atoms with Crippen molar-refractivity contribution in [3.8, 4) is 17.2 Å². The van der Waals surface area contributed by atoms with Gasteiger partial charge in [0.25, 0.3) is 26.0 Å². The third kappa shape index (κ3) is 8.38. The van der Waals surface area contributed by atoms with Crippen LogP contribution in [0.4, 0.5) is 11.4 Å². The molecule has 5 aromatic rings. The molecule has 0 bridgehead atoms. The van der Waals surface area contributed by atoms with Gasteiger partial charge in [-0.15, -0.1) is 11.3 Å². The molecular formula is C33H27N3O11S3. The molecule has 1 amide bonds. The summed E-state index contributed by atoms with van der Waals surface area (Å²) in [6.07, 6.45) is 0. The largest absolute Gasteiger partial charge is 0.507 e. The number of rotatable bonds is 13. The first-order valence-electron chi connectivity index (χ1n) is 14.3. The van der Waals surface area contributed by atoms with Gasteiger partial charge in [-0.05, 0) is 60.7 Å². The Labute approximate surface area is 290 Å². The number of carbonyl (C=O) groups is 3. The summed E-state index contributed by atoms with van der Waals surface area (Å²) in [4.78, 5) is 37.6. The molecule has 0 aliphatic heterocycles. The fraction of sp³-hybridized carbons (Fsp3) is 0.0606. The van der Waals surface area contributed by atoms with E-state index in [1.165, 1.54) is 37.4 Å². The van der Waals surface area contributed by atoms with Crippen molar-refractivity contribution < 1.29 is 50.9 Å². The normalized spacial score (nSPS) is 11.3. The van der Waals surface area contributed by atoms with Gasteiger partial charge >= 0.3 is 11.9 Å². The van der Waals surface area contributed by atoms with E-state index in [4.69, 9.17) is 9.47 Å². The van der Waals surface area contributed by atoms with E-state index in [-0.39, 0.29) is 38.7 Å². The van der Waals surface area contributed by atoms with Crippen molar-refractivity contribution in [3.63, 3.8) is 0 Å². The number of hydrogen-bond donors (Lipinski definition) is 5. The first-order valence-corrected chi connectivity index (χ1v) is 18.1. The molecule has 1 heterocycles. The van der Waals surface area contributed by atoms with Gasteiger partial charge in [0.05, 0.1) is 29.9 Å². The Balaban J connectivity index is 1.27. The van der Waals surface area contributed by atoms with Gasteiger partial charge in [0.2, 0.25) is 0 Å². The quantitative estimate of drug-likeness (QED) is 0.0808. The van der Waals surface area contributed by atoms with Crippen LogP contribution in [0.25, 0.3) is 0 Å². The van der Waals surface area contributed by atoms with Crippen molar-refractivity contribution >= 4 is 60.6 Å². The van der Waals surface area contributed by atoms with Crippen molar-refractivity contribution in [1.29, 1.82) is 0 Å². The molecule has 0 fully saturated rings. The summed E-state index contributed by atoms with van der Waals surface area (Å²) in [7, 11) is -6.94. The number of phenolic OH excluding ortho intramolecular Hbond substituents is 1. The summed E-state index contributed by atoms with van der Waals surface area (Å²) in [6, 6.07) is 23.4. The van der Waals surface area contributed by atoms with Crippen LogP contribution in [0, 0.1) is 0 Å². The molecule has 258 valence electrons. The molecule has 0 aliphatic carbocycles. The third-order valence-corrected chi connectivity index (χ3v) is 11.2. The second-order valence-electron chi connectivity index (χ2n) is 10.3. The minimum Gasteiger partial charge on any atom is -0.507 e. The highest BCUT2D eigenvalue weighted by Crippen LogP contribution is 2.31. The SMILES string of the molecule is COc1cccc(S(=O)(=O)Nc2ccc(C(=O)O)c(OC(=O)c3ccc(NS(=O)(=O)c4ccc(CNC(=O)c5ccccc5)s4)cc3O)c2)c1. The Morgan fingerprint density at radius 2 is 1.44 bits per heavy atom. The van der Waals surface area contributed by atoms with Crippen LogP contribution in [-0.2, 0) is 26.6 Å². The maximum absolute atomic E-state index is 13.0. The number of benzene rings is 4. The molecule has 0 aliphatic rings. The number of carbonyl (C=O) groups excluding carboxylic acids is 2. The van der Waals surface area contributed by atoms with Crippen molar-refractivity contribution in [1.82, 2.24) is 5.32 Å². The highest BCUT2D eigenvalue weighted by Gasteiger charge is 2.23. The minimum absolute atomic E-state index is 0.0763. The molecule has 5 rings (SSSR count). The van der Waals surface area contributed by atoms with E-state index < -0.39 is 54.6 Å². The first kappa shape index (κ1) is 35.4. The number of carboxylic acids is 1. The van der Waals surface area contributed by atoms with E-state index in [1.807, 2.05) is 0 Å². The molecule has 0 radical (unpaired) electrons. The van der Waals surface area contributed by atoms with Crippen molar-refractivity contribution in [3.05, 3.63) is 125 Å². The second kappa shape index (κ2) is 14.7. The number of sulfonamides is 2. The number of amides is 1. The number of carboxylic acid groups (broad SMARTS) is 1. The molecule has 0 unspecified atom stereocenters. The highest BCUT2D eigenvalue weighted by molar-refractivity contribution is 7.94. The molecular weight excluding hydrogens is 711 g/mol. The average Bonchev–Trinajstić information content (AvgIpc) is 3.58. The van der Waals surface area contributed by atoms with E-state index in [0.29, 0.717) is 10.4 Å². The number of nitrogens with one attached hydrogen (secondary N) is 3. The van der Waals surface area contributed by atoms with Crippen LogP contribution >= 0.6 is 11.3 Å². The standard InChI is InChI=1S/C33H27N3O11S3/c1-46-23-8-5-9-25(18-23)49(42,43)35-22-11-14-27(32(39)40)29(17-22)47-33(41)26-13-10-21(16-28(26)37)36-50(44,45)30-15-12-24(48-30)19-34-31(38)20-6-3-2-4-7-20/h2-18,35-37H,19H2,1H3,(H,34,38)(H,39,40). The first-order chi connectivity index (χ1) is 23.8. The van der Waals surface area contributed by atoms with Crippen LogP contribution in [0.2, 0.25) is 0 Å². The lowest BCUT2D eigenvalue weighted by atomic mass is 10.1. The van der Waals surface area contributed by atoms with Crippen molar-refractivity contribution in [2.45, 2.75) is 15.6 Å². The monoisotopic (exact) mass is 737 g/mol. The molecule has 0 saturated heterocycles. The predicted octanol–water partition coefficient (Wildman–Crippen LogP) is 4.91. The van der Waals surface area contributed by atoms with Gasteiger partial charge in [0.1, 0.15) is 32.6 Å². The molecule has 17 heteroatoms. The number of anilines is 2. The van der Waals surface area contributed by atoms with E-state index in [0.717, 1.165) is 41.7 Å². The van der Waals surface area contributed by atoms with Gasteiger partial charge in [-0.2, -0.15) is 0 Å². The topological polar surface area (TPSA) is 214 Å². The predicted molar refractivity (Wildman–Crippen MR) is 183 cm³/mol. The number of aromatic hydroxyl groups is 1. The Bertz CT molecular complexity index is 2310. The number of esters is 1. The summed E-state index contributed by atoms with van der Waals surface area (Å²) < 4.78 is 66.7. The maximum Gasteiger partial charge on any atom is 0.347 e. The molecule has 50 heavy (non-hydrogen) atoms. The summed E-state index contributed by atoms with van der Waals surface area (Å²) in [6.45, 7) is 0.0894. The van der Waals surface area contributed by atoms with Crippen LogP contribution in [0.1, 0.15) is 36.0 Å². The molecule has 4 aromatic carbocycles. The summed E-state index contributed by atoms with van der Waals surface area (Å²) in [5.74, 6) is -3.98. The smallest absolute Gasteiger partial charge is 0.347 e. The molecule has 0 spiro atoms. The number of phenols is 1. The zero-order chi connectivity index (χ0) is 36.1. The number of thiophene rings is 1. The van der Waals surface area contributed by atoms with Crippen LogP contribution in [-0.4, -0.2) is 52.0 Å². The highest BCUT2D eigenvalue weighted by atomic mass is 32.2. The Morgan fingerprint density at radius 3 is 2.12 bits per heavy atom. The van der Waals surface area contributed by atoms with E-state index in [1.54, 1.807) is 42.5 Å². The van der Waals surface area contributed by atoms with Crippen molar-refractivity contribution in [2.24, 2.45) is 0 Å². The number of hydrogen-bond acceptors (Lipinski definition) is 11. The van der Waals surface area contributed by atoms with Crippen LogP contribution in [0.3, 0.4) is 0 Å². The Morgan fingerprint density at radius 1 is 0.760 bits per heavy atom. The number of ether oxygens (including phenoxy) is 2. The lowest BCUT2D eigenvalue weighted by Gasteiger charge is -2.13. The molecule has 5 N–H and O–H groups in total. The average molecular weight is 738 g/mol. The molecule has 14 nitrogen and oxygen atoms in total. The lowest BCUT2D eigenvalue weighted by molar-refractivity contribution is 0.0680. The van der Waals surface area contributed by atoms with Gasteiger partial charge < -0.3 is 25.0 Å². The van der Waals surface area contributed by atoms with E-state index >= 15 is 0 Å². The lowest BCUT2D eigenvalue weighted by Crippen LogP contribution is -2.22. The fourth-order valence-electron chi connectivity index (χ4n) is 4.41. The van der Waals surface area contributed by atoms with Crippen molar-refractivity contribution in [2.75, 3.05) is 16.6 Å². The third-order valence-electron chi connectivity index (χ3n) is 6.85. The van der Waals surface area contributed by atoms with Crippen LogP contribution in [0.15, 0.2) is 112 Å². The zero-order valence-electron chi connectivity index (χ0n) is 25.8. The number of aromatic carboxylic acids is 1. The Hall–Kier alpha value is -5.91. The fourth-order valence-corrected chi connectivity index (χ4v) is 7.84. The van der Waals surface area contributed by atoms with Gasteiger partial charge in [-0.1, -0.05) is 24.3 Å². The second-order valence-corrected chi connectivity index (χ2v) is 15.1. The van der Waals surface area contributed by atoms with Gasteiger partial charge in [0, 0.05) is 28.6 Å². The zero-order valence-corrected chi connectivity index (χ0v) is 28.3. The summed E-state index contributed by atoms with van der Waals surface area (Å²) >= 11 is 0.920. The van der Waals surface area contributed by atoms with E-state index in [9.17, 15) is 41.4 Å². The van der Waals surface area contributed by atoms with Gasteiger partial charge in [-0.25, -0.2) is 26.4 Å². The molecule has 0 atom stereocenters. The molecule has 1 aromatic heterocycles. The van der Waals surface area contributed by atoms with Crippen LogP contribution in [0.5, 0.6) is 17.2 Å². The summed E-state index contributed by atoms with van der Waals surface area (Å²) in [5, 5.41) is 22.9. The summed E-state index contributed by atoms with van der Waals surface area (Å²) in [5.41, 5.74) is -0.716. The van der Waals surface area contributed by atoms with Crippen LogP contribution < -0.4 is 24.2 Å². The minimum atomic E-state index is -4.17.